The highest BCUT2D eigenvalue weighted by molar-refractivity contribution is 5.98. The average molecular weight is 322 g/mol. The molecule has 23 heavy (non-hydrogen) atoms. The van der Waals surface area contributed by atoms with Gasteiger partial charge in [-0.1, -0.05) is 12.1 Å². The Hall–Kier alpha value is -2.24. The second-order valence-corrected chi connectivity index (χ2v) is 7.13. The lowest BCUT2D eigenvalue weighted by molar-refractivity contribution is 0.0117. The van der Waals surface area contributed by atoms with Crippen LogP contribution in [0.25, 0.3) is 0 Å². The van der Waals surface area contributed by atoms with Crippen LogP contribution in [-0.4, -0.2) is 35.3 Å². The van der Waals surface area contributed by atoms with E-state index in [0.717, 1.165) is 0 Å². The zero-order valence-electron chi connectivity index (χ0n) is 14.9. The molecule has 0 heterocycles. The summed E-state index contributed by atoms with van der Waals surface area (Å²) in [6.45, 7) is 10.7. The maximum Gasteiger partial charge on any atom is 0.426 e. The lowest BCUT2D eigenvalue weighted by Crippen LogP contribution is -2.56. The zero-order chi connectivity index (χ0) is 17.8. The van der Waals surface area contributed by atoms with Crippen LogP contribution in [0, 0.1) is 0 Å². The third-order valence-corrected chi connectivity index (χ3v) is 2.81. The number of rotatable bonds is 2. The highest BCUT2D eigenvalue weighted by atomic mass is 16.6. The van der Waals surface area contributed by atoms with Gasteiger partial charge < -0.3 is 9.47 Å². The third-order valence-electron chi connectivity index (χ3n) is 2.81. The van der Waals surface area contributed by atoms with E-state index >= 15 is 0 Å². The van der Waals surface area contributed by atoms with Crippen molar-refractivity contribution >= 4 is 12.0 Å². The Kier molecular flexibility index (Phi) is 5.64. The van der Waals surface area contributed by atoms with Crippen molar-refractivity contribution in [1.29, 1.82) is 0 Å². The molecule has 1 rings (SSSR count). The molecule has 0 unspecified atom stereocenters. The number of nitrogens with zero attached hydrogens (tertiary/aromatic N) is 1. The number of para-hydroxylation sites is 1. The molecular weight excluding hydrogens is 296 g/mol. The number of hydrazine groups is 1. The molecule has 0 aromatic heterocycles. The summed E-state index contributed by atoms with van der Waals surface area (Å²) in [7, 11) is 1.49. The number of nitrogens with one attached hydrogen (secondary N) is 1. The van der Waals surface area contributed by atoms with Gasteiger partial charge in [-0.2, -0.15) is 0 Å². The molecule has 0 aliphatic heterocycles. The van der Waals surface area contributed by atoms with E-state index in [1.807, 2.05) is 20.8 Å². The molecule has 6 heteroatoms. The van der Waals surface area contributed by atoms with Gasteiger partial charge >= 0.3 is 6.09 Å². The van der Waals surface area contributed by atoms with Crippen molar-refractivity contribution in [3.05, 3.63) is 29.8 Å². The van der Waals surface area contributed by atoms with E-state index < -0.39 is 17.2 Å². The van der Waals surface area contributed by atoms with Crippen LogP contribution in [0.5, 0.6) is 5.75 Å². The van der Waals surface area contributed by atoms with Crippen LogP contribution in [0.1, 0.15) is 51.9 Å². The van der Waals surface area contributed by atoms with Gasteiger partial charge in [0.15, 0.2) is 0 Å². The van der Waals surface area contributed by atoms with Crippen molar-refractivity contribution in [3.63, 3.8) is 0 Å². The molecule has 0 atom stereocenters. The van der Waals surface area contributed by atoms with Crippen LogP contribution in [0.3, 0.4) is 0 Å². The minimum atomic E-state index is -0.685. The van der Waals surface area contributed by atoms with Gasteiger partial charge in [0.25, 0.3) is 5.91 Å². The van der Waals surface area contributed by atoms with E-state index in [9.17, 15) is 9.59 Å². The molecule has 0 saturated carbocycles. The Morgan fingerprint density at radius 2 is 1.61 bits per heavy atom. The van der Waals surface area contributed by atoms with E-state index in [1.165, 1.54) is 12.1 Å². The first-order valence-corrected chi connectivity index (χ1v) is 7.43. The van der Waals surface area contributed by atoms with E-state index in [1.54, 1.807) is 45.0 Å². The van der Waals surface area contributed by atoms with Crippen molar-refractivity contribution in [3.8, 4) is 5.75 Å². The van der Waals surface area contributed by atoms with Gasteiger partial charge in [-0.15, -0.1) is 0 Å². The summed E-state index contributed by atoms with van der Waals surface area (Å²) in [5.41, 5.74) is 1.60. The first-order valence-electron chi connectivity index (χ1n) is 7.43. The third kappa shape index (κ3) is 5.47. The predicted molar refractivity (Wildman–Crippen MR) is 88.3 cm³/mol. The summed E-state index contributed by atoms with van der Waals surface area (Å²) in [6, 6.07) is 6.86. The minimum Gasteiger partial charge on any atom is -0.496 e. The summed E-state index contributed by atoms with van der Waals surface area (Å²) in [4.78, 5) is 24.9. The molecule has 0 bridgehead atoms. The maximum atomic E-state index is 12.8. The number of carbonyl (C=O) groups is 2. The Morgan fingerprint density at radius 3 is 2.09 bits per heavy atom. The number of benzene rings is 1. The Bertz CT molecular complexity index is 571. The normalized spacial score (nSPS) is 11.6. The van der Waals surface area contributed by atoms with Gasteiger partial charge in [-0.3, -0.25) is 4.79 Å². The molecule has 1 N–H and O–H groups in total. The molecule has 2 amide bonds. The molecule has 1 aromatic carbocycles. The number of amides is 2. The van der Waals surface area contributed by atoms with Gasteiger partial charge in [0.05, 0.1) is 18.2 Å². The van der Waals surface area contributed by atoms with Crippen LogP contribution in [0.4, 0.5) is 4.79 Å². The van der Waals surface area contributed by atoms with Crippen LogP contribution >= 0.6 is 0 Å². The van der Waals surface area contributed by atoms with E-state index in [2.05, 4.69) is 5.43 Å². The monoisotopic (exact) mass is 322 g/mol. The van der Waals surface area contributed by atoms with Gasteiger partial charge in [0.2, 0.25) is 0 Å². The minimum absolute atomic E-state index is 0.362. The largest absolute Gasteiger partial charge is 0.496 e. The average Bonchev–Trinajstić information content (AvgIpc) is 2.41. The molecule has 0 aliphatic rings. The number of methoxy groups -OCH3 is 1. The molecule has 6 nitrogen and oxygen atoms in total. The smallest absolute Gasteiger partial charge is 0.426 e. The molecule has 0 radical (unpaired) electrons. The van der Waals surface area contributed by atoms with E-state index in [4.69, 9.17) is 9.47 Å². The Morgan fingerprint density at radius 1 is 1.04 bits per heavy atom. The first-order chi connectivity index (χ1) is 10.5. The van der Waals surface area contributed by atoms with Crippen molar-refractivity contribution in [1.82, 2.24) is 10.4 Å². The van der Waals surface area contributed by atoms with Crippen LogP contribution in [0.2, 0.25) is 0 Å². The molecular formula is C17H26N2O4. The Balaban J connectivity index is 3.08. The van der Waals surface area contributed by atoms with E-state index in [-0.39, 0.29) is 5.91 Å². The zero-order valence-corrected chi connectivity index (χ0v) is 14.9. The second kappa shape index (κ2) is 6.89. The molecule has 128 valence electrons. The summed E-state index contributed by atoms with van der Waals surface area (Å²) in [5, 5.41) is 1.25. The van der Waals surface area contributed by atoms with E-state index in [0.29, 0.717) is 11.3 Å². The molecule has 0 fully saturated rings. The summed E-state index contributed by atoms with van der Waals surface area (Å²) in [5.74, 6) is 0.0681. The molecule has 0 aliphatic carbocycles. The van der Waals surface area contributed by atoms with Crippen molar-refractivity contribution in [2.45, 2.75) is 52.7 Å². The highest BCUT2D eigenvalue weighted by Crippen LogP contribution is 2.22. The topological polar surface area (TPSA) is 67.9 Å². The SMILES string of the molecule is COc1ccccc1C(=O)N(NC(=O)OC(C)(C)C)C(C)(C)C. The lowest BCUT2D eigenvalue weighted by atomic mass is 10.1. The summed E-state index contributed by atoms with van der Waals surface area (Å²) >= 11 is 0. The summed E-state index contributed by atoms with van der Waals surface area (Å²) in [6.07, 6.45) is -0.685. The molecule has 1 aromatic rings. The number of ether oxygens (including phenoxy) is 2. The second-order valence-electron chi connectivity index (χ2n) is 7.13. The predicted octanol–water partition coefficient (Wildman–Crippen LogP) is 3.38. The lowest BCUT2D eigenvalue weighted by Gasteiger charge is -2.36. The Labute approximate surface area is 137 Å². The fraction of sp³-hybridized carbons (Fsp3) is 0.529. The van der Waals surface area contributed by atoms with Crippen molar-refractivity contribution in [2.24, 2.45) is 0 Å². The van der Waals surface area contributed by atoms with Gasteiger partial charge in [-0.25, -0.2) is 15.2 Å². The number of hydrogen-bond acceptors (Lipinski definition) is 4. The van der Waals surface area contributed by atoms with Gasteiger partial charge in [-0.05, 0) is 53.7 Å². The van der Waals surface area contributed by atoms with Crippen LogP contribution in [0.15, 0.2) is 24.3 Å². The number of carbonyl (C=O) groups excluding carboxylic acids is 2. The maximum absolute atomic E-state index is 12.8. The molecule has 0 spiro atoms. The molecule has 0 saturated heterocycles. The first kappa shape index (κ1) is 18.8. The van der Waals surface area contributed by atoms with Crippen molar-refractivity contribution < 1.29 is 19.1 Å². The standard InChI is InChI=1S/C17H26N2O4/c1-16(2,3)19(18-15(21)23-17(4,5)6)14(20)12-10-8-9-11-13(12)22-7/h8-11H,1-7H3,(H,18,21). The number of hydrogen-bond donors (Lipinski definition) is 1. The van der Waals surface area contributed by atoms with Gasteiger partial charge in [0, 0.05) is 0 Å². The van der Waals surface area contributed by atoms with Crippen LogP contribution in [-0.2, 0) is 4.74 Å². The summed E-state index contributed by atoms with van der Waals surface area (Å²) < 4.78 is 10.5. The van der Waals surface area contributed by atoms with Crippen LogP contribution < -0.4 is 10.2 Å². The fourth-order valence-corrected chi connectivity index (χ4v) is 1.86. The highest BCUT2D eigenvalue weighted by Gasteiger charge is 2.32. The van der Waals surface area contributed by atoms with Crippen molar-refractivity contribution in [2.75, 3.05) is 7.11 Å². The quantitative estimate of drug-likeness (QED) is 0.848. The fourth-order valence-electron chi connectivity index (χ4n) is 1.86. The van der Waals surface area contributed by atoms with Gasteiger partial charge in [0.1, 0.15) is 11.4 Å².